The number of halogens is 1. The SMILES string of the molecule is O=C(Cl)c1cccc(CS(=O)O)c1. The molecule has 0 aliphatic heterocycles. The average molecular weight is 219 g/mol. The molecule has 0 aliphatic rings. The molecule has 0 aromatic heterocycles. The summed E-state index contributed by atoms with van der Waals surface area (Å²) >= 11 is 3.34. The van der Waals surface area contributed by atoms with Crippen molar-refractivity contribution in [2.45, 2.75) is 5.75 Å². The highest BCUT2D eigenvalue weighted by molar-refractivity contribution is 7.78. The molecule has 1 rings (SSSR count). The topological polar surface area (TPSA) is 54.4 Å². The number of hydrogen-bond donors (Lipinski definition) is 1. The van der Waals surface area contributed by atoms with E-state index in [0.717, 1.165) is 0 Å². The summed E-state index contributed by atoms with van der Waals surface area (Å²) in [6, 6.07) is 6.35. The first-order valence-electron chi connectivity index (χ1n) is 3.46. The van der Waals surface area contributed by atoms with Crippen LogP contribution >= 0.6 is 11.6 Å². The Bertz CT molecular complexity index is 351. The largest absolute Gasteiger partial charge is 0.306 e. The van der Waals surface area contributed by atoms with Gasteiger partial charge in [-0.15, -0.1) is 0 Å². The lowest BCUT2D eigenvalue weighted by atomic mass is 10.2. The summed E-state index contributed by atoms with van der Waals surface area (Å²) in [4.78, 5) is 10.7. The molecule has 0 radical (unpaired) electrons. The lowest BCUT2D eigenvalue weighted by molar-refractivity contribution is 0.108. The molecular formula is C8H7ClO3S. The van der Waals surface area contributed by atoms with E-state index in [1.165, 1.54) is 6.07 Å². The van der Waals surface area contributed by atoms with Crippen molar-refractivity contribution in [2.75, 3.05) is 0 Å². The molecule has 0 aliphatic carbocycles. The van der Waals surface area contributed by atoms with Crippen LogP contribution in [0.4, 0.5) is 0 Å². The molecule has 1 unspecified atom stereocenters. The van der Waals surface area contributed by atoms with E-state index < -0.39 is 16.3 Å². The minimum absolute atomic E-state index is 0.0119. The lowest BCUT2D eigenvalue weighted by Gasteiger charge is -1.98. The number of hydrogen-bond acceptors (Lipinski definition) is 2. The van der Waals surface area contributed by atoms with Gasteiger partial charge in [0.25, 0.3) is 5.24 Å². The van der Waals surface area contributed by atoms with E-state index in [4.69, 9.17) is 16.2 Å². The molecule has 3 nitrogen and oxygen atoms in total. The van der Waals surface area contributed by atoms with Crippen LogP contribution in [0.2, 0.25) is 0 Å². The standard InChI is InChI=1S/C8H7ClO3S/c9-8(10)7-3-1-2-6(4-7)5-13(11)12/h1-4H,5H2,(H,11,12). The highest BCUT2D eigenvalue weighted by Gasteiger charge is 2.03. The summed E-state index contributed by atoms with van der Waals surface area (Å²) in [5.41, 5.74) is 0.956. The van der Waals surface area contributed by atoms with Crippen molar-refractivity contribution in [3.63, 3.8) is 0 Å². The summed E-state index contributed by atoms with van der Waals surface area (Å²) in [5.74, 6) is 0.0119. The van der Waals surface area contributed by atoms with Gasteiger partial charge >= 0.3 is 0 Å². The monoisotopic (exact) mass is 218 g/mol. The Morgan fingerprint density at radius 2 is 2.23 bits per heavy atom. The second-order valence-corrected chi connectivity index (χ2v) is 3.71. The highest BCUT2D eigenvalue weighted by atomic mass is 35.5. The zero-order valence-corrected chi connectivity index (χ0v) is 8.14. The molecule has 0 saturated heterocycles. The van der Waals surface area contributed by atoms with Gasteiger partial charge in [-0.25, -0.2) is 4.21 Å². The second-order valence-electron chi connectivity index (χ2n) is 2.44. The number of rotatable bonds is 3. The summed E-state index contributed by atoms with van der Waals surface area (Å²) in [7, 11) is 0. The van der Waals surface area contributed by atoms with E-state index in [1.807, 2.05) is 0 Å². The molecular weight excluding hydrogens is 212 g/mol. The predicted molar refractivity (Wildman–Crippen MR) is 51.1 cm³/mol. The predicted octanol–water partition coefficient (Wildman–Crippen LogP) is 1.79. The van der Waals surface area contributed by atoms with E-state index in [2.05, 4.69) is 0 Å². The van der Waals surface area contributed by atoms with Gasteiger partial charge in [0, 0.05) is 5.56 Å². The Labute approximate surface area is 83.0 Å². The normalized spacial score (nSPS) is 12.5. The minimum Gasteiger partial charge on any atom is -0.306 e. The van der Waals surface area contributed by atoms with Crippen LogP contribution in [0, 0.1) is 0 Å². The van der Waals surface area contributed by atoms with Gasteiger partial charge in [-0.05, 0) is 23.2 Å². The first-order valence-corrected chi connectivity index (χ1v) is 5.11. The van der Waals surface area contributed by atoms with Crippen molar-refractivity contribution in [1.82, 2.24) is 0 Å². The Kier molecular flexibility index (Phi) is 3.59. The molecule has 1 aromatic carbocycles. The molecule has 1 atom stereocenters. The van der Waals surface area contributed by atoms with Crippen LogP contribution in [-0.2, 0) is 16.8 Å². The Hall–Kier alpha value is -0.710. The maximum absolute atomic E-state index is 10.7. The van der Waals surface area contributed by atoms with Crippen LogP contribution < -0.4 is 0 Å². The molecule has 13 heavy (non-hydrogen) atoms. The van der Waals surface area contributed by atoms with Crippen LogP contribution in [0.3, 0.4) is 0 Å². The summed E-state index contributed by atoms with van der Waals surface area (Å²) in [5, 5.41) is -0.564. The summed E-state index contributed by atoms with van der Waals surface area (Å²) < 4.78 is 19.0. The van der Waals surface area contributed by atoms with Crippen LogP contribution in [0.15, 0.2) is 24.3 Å². The zero-order valence-electron chi connectivity index (χ0n) is 6.57. The second kappa shape index (κ2) is 4.50. The minimum atomic E-state index is -1.89. The summed E-state index contributed by atoms with van der Waals surface area (Å²) in [6.07, 6.45) is 0. The molecule has 0 amide bonds. The molecule has 0 fully saturated rings. The fraction of sp³-hybridized carbons (Fsp3) is 0.125. The van der Waals surface area contributed by atoms with E-state index in [-0.39, 0.29) is 5.75 Å². The van der Waals surface area contributed by atoms with Gasteiger partial charge in [-0.3, -0.25) is 4.79 Å². The van der Waals surface area contributed by atoms with Crippen LogP contribution in [-0.4, -0.2) is 14.0 Å². The van der Waals surface area contributed by atoms with Crippen molar-refractivity contribution in [3.05, 3.63) is 35.4 Å². The molecule has 0 bridgehead atoms. The molecule has 1 aromatic rings. The van der Waals surface area contributed by atoms with Gasteiger partial charge < -0.3 is 4.55 Å². The zero-order chi connectivity index (χ0) is 9.84. The third kappa shape index (κ3) is 3.26. The van der Waals surface area contributed by atoms with E-state index in [1.54, 1.807) is 18.2 Å². The van der Waals surface area contributed by atoms with Gasteiger partial charge in [0.1, 0.15) is 0 Å². The number of benzene rings is 1. The van der Waals surface area contributed by atoms with Crippen LogP contribution in [0.1, 0.15) is 15.9 Å². The number of carbonyl (C=O) groups is 1. The quantitative estimate of drug-likeness (QED) is 0.622. The fourth-order valence-electron chi connectivity index (χ4n) is 0.926. The molecule has 5 heteroatoms. The maximum atomic E-state index is 10.7. The lowest BCUT2D eigenvalue weighted by Crippen LogP contribution is -1.95. The highest BCUT2D eigenvalue weighted by Crippen LogP contribution is 2.09. The van der Waals surface area contributed by atoms with Crippen molar-refractivity contribution in [2.24, 2.45) is 0 Å². The third-order valence-corrected chi connectivity index (χ3v) is 2.24. The third-order valence-electron chi connectivity index (χ3n) is 1.44. The van der Waals surface area contributed by atoms with Crippen molar-refractivity contribution in [1.29, 1.82) is 0 Å². The van der Waals surface area contributed by atoms with Gasteiger partial charge in [0.15, 0.2) is 11.1 Å². The molecule has 0 saturated carbocycles. The molecule has 0 spiro atoms. The van der Waals surface area contributed by atoms with E-state index >= 15 is 0 Å². The van der Waals surface area contributed by atoms with Crippen molar-refractivity contribution < 1.29 is 13.6 Å². The Balaban J connectivity index is 2.91. The van der Waals surface area contributed by atoms with Crippen LogP contribution in [0.25, 0.3) is 0 Å². The Morgan fingerprint density at radius 3 is 2.77 bits per heavy atom. The molecule has 70 valence electrons. The number of carbonyl (C=O) groups excluding carboxylic acids is 1. The van der Waals surface area contributed by atoms with Gasteiger partial charge in [-0.2, -0.15) is 0 Å². The first kappa shape index (κ1) is 10.4. The first-order chi connectivity index (χ1) is 6.09. The molecule has 0 heterocycles. The average Bonchev–Trinajstić information content (AvgIpc) is 2.03. The fourth-order valence-corrected chi connectivity index (χ4v) is 1.51. The van der Waals surface area contributed by atoms with Gasteiger partial charge in [-0.1, -0.05) is 18.2 Å². The van der Waals surface area contributed by atoms with Crippen molar-refractivity contribution >= 4 is 27.9 Å². The van der Waals surface area contributed by atoms with Crippen molar-refractivity contribution in [3.8, 4) is 0 Å². The van der Waals surface area contributed by atoms with E-state index in [0.29, 0.717) is 11.1 Å². The van der Waals surface area contributed by atoms with Crippen LogP contribution in [0.5, 0.6) is 0 Å². The Morgan fingerprint density at radius 1 is 1.54 bits per heavy atom. The van der Waals surface area contributed by atoms with Gasteiger partial charge in [0.2, 0.25) is 0 Å². The maximum Gasteiger partial charge on any atom is 0.252 e. The van der Waals surface area contributed by atoms with E-state index in [9.17, 15) is 9.00 Å². The van der Waals surface area contributed by atoms with Gasteiger partial charge in [0.05, 0.1) is 5.75 Å². The summed E-state index contributed by atoms with van der Waals surface area (Å²) in [6.45, 7) is 0. The molecule has 1 N–H and O–H groups in total. The smallest absolute Gasteiger partial charge is 0.252 e.